The molecule has 4 rings (SSSR count). The fourth-order valence-electron chi connectivity index (χ4n) is 4.82. The zero-order valence-electron chi connectivity index (χ0n) is 20.5. The normalized spacial score (nSPS) is 20.9. The molecule has 2 atom stereocenters. The number of aliphatic carboxylic acids is 1. The van der Waals surface area contributed by atoms with Gasteiger partial charge in [-0.05, 0) is 42.8 Å². The molecule has 0 spiro atoms. The Morgan fingerprint density at radius 3 is 2.33 bits per heavy atom. The molecule has 2 aliphatic rings. The molecule has 2 unspecified atom stereocenters. The van der Waals surface area contributed by atoms with Gasteiger partial charge in [0.15, 0.2) is 0 Å². The largest absolute Gasteiger partial charge is 0.497 e. The Morgan fingerprint density at radius 2 is 1.75 bits per heavy atom. The first kappa shape index (κ1) is 25.7. The quantitative estimate of drug-likeness (QED) is 0.553. The van der Waals surface area contributed by atoms with E-state index < -0.39 is 36.2 Å². The maximum atomic E-state index is 13.4. The Bertz CT molecular complexity index is 1110. The first-order chi connectivity index (χ1) is 17.1. The molecule has 0 saturated carbocycles. The summed E-state index contributed by atoms with van der Waals surface area (Å²) in [6, 6.07) is 11.7. The molecule has 36 heavy (non-hydrogen) atoms. The van der Waals surface area contributed by atoms with Crippen LogP contribution in [0.2, 0.25) is 0 Å². The molecule has 194 valence electrons. The molecule has 7 nitrogen and oxygen atoms in total. The third-order valence-electron chi connectivity index (χ3n) is 6.82. The highest BCUT2D eigenvalue weighted by Crippen LogP contribution is 2.37. The highest BCUT2D eigenvalue weighted by atomic mass is 19.4. The van der Waals surface area contributed by atoms with Crippen LogP contribution in [-0.2, 0) is 4.79 Å². The van der Waals surface area contributed by atoms with Crippen LogP contribution < -0.4 is 19.4 Å². The van der Waals surface area contributed by atoms with Gasteiger partial charge in [0.25, 0.3) is 0 Å². The molecule has 0 bridgehead atoms. The number of benzene rings is 2. The van der Waals surface area contributed by atoms with Crippen LogP contribution in [0.1, 0.15) is 31.7 Å². The molecule has 0 aromatic heterocycles. The van der Waals surface area contributed by atoms with Crippen LogP contribution in [0.5, 0.6) is 11.5 Å². The summed E-state index contributed by atoms with van der Waals surface area (Å²) in [5, 5.41) is 14.1. The second kappa shape index (κ2) is 10.3. The van der Waals surface area contributed by atoms with E-state index in [0.717, 1.165) is 37.4 Å². The second-order valence-corrected chi connectivity index (χ2v) is 9.23. The molecule has 1 fully saturated rings. The summed E-state index contributed by atoms with van der Waals surface area (Å²) < 4.78 is 51.7. The van der Waals surface area contributed by atoms with Gasteiger partial charge >= 0.3 is 12.1 Å². The van der Waals surface area contributed by atoms with Gasteiger partial charge in [0.1, 0.15) is 23.3 Å². The number of hydrazone groups is 1. The zero-order chi connectivity index (χ0) is 26.0. The second-order valence-electron chi connectivity index (χ2n) is 9.23. The van der Waals surface area contributed by atoms with Crippen molar-refractivity contribution in [2.24, 2.45) is 11.0 Å². The van der Waals surface area contributed by atoms with E-state index in [-0.39, 0.29) is 6.10 Å². The Kier molecular flexibility index (Phi) is 7.33. The predicted molar refractivity (Wildman–Crippen MR) is 131 cm³/mol. The standard InChI is InChI=1S/C26H30F3N3O4/c1-16-4-7-21(35-3)14-22(16)31-12-10-20(11-13-31)36-19-8-5-18(6-9-19)32-23(15-24(33)34)17(2)25(30-32)26(27,28)29/h4-9,14,17,20,23H,10-13,15H2,1-3H3,(H,33,34). The fraction of sp³-hybridized carbons (Fsp3) is 0.462. The number of methoxy groups -OCH3 is 1. The van der Waals surface area contributed by atoms with Crippen molar-refractivity contribution in [2.75, 3.05) is 30.1 Å². The number of anilines is 2. The summed E-state index contributed by atoms with van der Waals surface area (Å²) in [4.78, 5) is 13.6. The maximum absolute atomic E-state index is 13.4. The van der Waals surface area contributed by atoms with Gasteiger partial charge in [0, 0.05) is 43.6 Å². The third kappa shape index (κ3) is 5.52. The number of carboxylic acid groups (broad SMARTS) is 1. The molecule has 2 aromatic carbocycles. The van der Waals surface area contributed by atoms with Gasteiger partial charge in [-0.25, -0.2) is 0 Å². The van der Waals surface area contributed by atoms with E-state index in [0.29, 0.717) is 11.4 Å². The summed E-state index contributed by atoms with van der Waals surface area (Å²) in [6.07, 6.45) is -3.41. The van der Waals surface area contributed by atoms with Crippen molar-refractivity contribution in [1.29, 1.82) is 0 Å². The Labute approximate surface area is 208 Å². The van der Waals surface area contributed by atoms with Gasteiger partial charge in [-0.3, -0.25) is 9.80 Å². The van der Waals surface area contributed by atoms with Gasteiger partial charge < -0.3 is 19.5 Å². The highest BCUT2D eigenvalue weighted by Gasteiger charge is 2.48. The lowest BCUT2D eigenvalue weighted by atomic mass is 9.94. The van der Waals surface area contributed by atoms with E-state index in [1.54, 1.807) is 31.4 Å². The first-order valence-corrected chi connectivity index (χ1v) is 11.9. The zero-order valence-corrected chi connectivity index (χ0v) is 20.5. The smallest absolute Gasteiger partial charge is 0.431 e. The summed E-state index contributed by atoms with van der Waals surface area (Å²) >= 11 is 0. The number of carboxylic acids is 1. The minimum Gasteiger partial charge on any atom is -0.497 e. The molecule has 10 heteroatoms. The van der Waals surface area contributed by atoms with E-state index in [4.69, 9.17) is 9.47 Å². The van der Waals surface area contributed by atoms with E-state index in [1.807, 2.05) is 18.2 Å². The van der Waals surface area contributed by atoms with Gasteiger partial charge in [0.2, 0.25) is 0 Å². The molecule has 1 saturated heterocycles. The number of rotatable bonds is 7. The number of alkyl halides is 3. The summed E-state index contributed by atoms with van der Waals surface area (Å²) in [6.45, 7) is 5.09. The van der Waals surface area contributed by atoms with Crippen LogP contribution in [0.15, 0.2) is 47.6 Å². The molecular formula is C26H30F3N3O4. The summed E-state index contributed by atoms with van der Waals surface area (Å²) in [7, 11) is 1.65. The van der Waals surface area contributed by atoms with Gasteiger partial charge in [-0.15, -0.1) is 0 Å². The van der Waals surface area contributed by atoms with Gasteiger partial charge in [-0.2, -0.15) is 18.3 Å². The van der Waals surface area contributed by atoms with Crippen molar-refractivity contribution in [3.63, 3.8) is 0 Å². The van der Waals surface area contributed by atoms with Crippen molar-refractivity contribution in [2.45, 2.75) is 51.4 Å². The topological polar surface area (TPSA) is 74.6 Å². The maximum Gasteiger partial charge on any atom is 0.431 e. The van der Waals surface area contributed by atoms with Gasteiger partial charge in [0.05, 0.1) is 25.3 Å². The number of hydrogen-bond donors (Lipinski definition) is 1. The van der Waals surface area contributed by atoms with Crippen molar-refractivity contribution in [3.8, 4) is 11.5 Å². The van der Waals surface area contributed by atoms with E-state index in [2.05, 4.69) is 16.9 Å². The summed E-state index contributed by atoms with van der Waals surface area (Å²) in [5.41, 5.74) is 1.75. The number of piperidine rings is 1. The summed E-state index contributed by atoms with van der Waals surface area (Å²) in [5.74, 6) is -0.808. The van der Waals surface area contributed by atoms with Crippen LogP contribution >= 0.6 is 0 Å². The first-order valence-electron chi connectivity index (χ1n) is 11.9. The number of aryl methyl sites for hydroxylation is 1. The van der Waals surface area contributed by atoms with E-state index in [9.17, 15) is 23.1 Å². The fourth-order valence-corrected chi connectivity index (χ4v) is 4.82. The average molecular weight is 506 g/mol. The average Bonchev–Trinajstić information content (AvgIpc) is 3.16. The van der Waals surface area contributed by atoms with Crippen LogP contribution in [0.4, 0.5) is 24.5 Å². The molecule has 1 N–H and O–H groups in total. The number of hydrogen-bond acceptors (Lipinski definition) is 6. The minimum atomic E-state index is -4.62. The van der Waals surface area contributed by atoms with Crippen molar-refractivity contribution >= 4 is 23.1 Å². The molecular weight excluding hydrogens is 475 g/mol. The third-order valence-corrected chi connectivity index (χ3v) is 6.82. The van der Waals surface area contributed by atoms with E-state index >= 15 is 0 Å². The Balaban J connectivity index is 1.41. The Hall–Kier alpha value is -3.43. The molecule has 2 aromatic rings. The van der Waals surface area contributed by atoms with Crippen LogP contribution in [0.3, 0.4) is 0 Å². The van der Waals surface area contributed by atoms with Crippen molar-refractivity contribution < 1.29 is 32.5 Å². The molecule has 2 heterocycles. The van der Waals surface area contributed by atoms with E-state index in [1.165, 1.54) is 17.5 Å². The molecule has 0 radical (unpaired) electrons. The van der Waals surface area contributed by atoms with Crippen LogP contribution in [0, 0.1) is 12.8 Å². The van der Waals surface area contributed by atoms with Crippen molar-refractivity contribution in [3.05, 3.63) is 48.0 Å². The predicted octanol–water partition coefficient (Wildman–Crippen LogP) is 5.27. The highest BCUT2D eigenvalue weighted by molar-refractivity contribution is 5.95. The lowest BCUT2D eigenvalue weighted by molar-refractivity contribution is -0.137. The Morgan fingerprint density at radius 1 is 1.11 bits per heavy atom. The molecule has 0 amide bonds. The van der Waals surface area contributed by atoms with Crippen molar-refractivity contribution in [1.82, 2.24) is 0 Å². The van der Waals surface area contributed by atoms with Crippen LogP contribution in [-0.4, -0.2) is 55.3 Å². The monoisotopic (exact) mass is 505 g/mol. The number of halogens is 3. The lowest BCUT2D eigenvalue weighted by Gasteiger charge is -2.34. The molecule has 0 aliphatic carbocycles. The number of ether oxygens (including phenoxy) is 2. The van der Waals surface area contributed by atoms with Crippen LogP contribution in [0.25, 0.3) is 0 Å². The number of carbonyl (C=O) groups is 1. The number of nitrogens with zero attached hydrogens (tertiary/aromatic N) is 3. The minimum absolute atomic E-state index is 0.0134. The van der Waals surface area contributed by atoms with Gasteiger partial charge in [-0.1, -0.05) is 13.0 Å². The molecule has 2 aliphatic heterocycles. The lowest BCUT2D eigenvalue weighted by Crippen LogP contribution is -2.38. The SMILES string of the molecule is COc1ccc(C)c(N2CCC(Oc3ccc(N4N=C(C(F)(F)F)C(C)C4CC(=O)O)cc3)CC2)c1.